The first-order chi connectivity index (χ1) is 8.18. The number of thiophene rings is 1. The lowest BCUT2D eigenvalue weighted by Crippen LogP contribution is -2.42. The highest BCUT2D eigenvalue weighted by Gasteiger charge is 2.41. The van der Waals surface area contributed by atoms with Crippen LogP contribution in [0.25, 0.3) is 0 Å². The lowest BCUT2D eigenvalue weighted by Gasteiger charge is -2.30. The Balaban J connectivity index is 2.03. The van der Waals surface area contributed by atoms with Gasteiger partial charge in [0, 0.05) is 18.5 Å². The van der Waals surface area contributed by atoms with Crippen molar-refractivity contribution in [3.8, 4) is 0 Å². The summed E-state index contributed by atoms with van der Waals surface area (Å²) in [6.07, 6.45) is 1.89. The zero-order valence-electron chi connectivity index (χ0n) is 10.5. The van der Waals surface area contributed by atoms with Crippen molar-refractivity contribution in [3.05, 3.63) is 22.4 Å². The van der Waals surface area contributed by atoms with Crippen LogP contribution in [-0.4, -0.2) is 30.9 Å². The Hall–Kier alpha value is -0.870. The third-order valence-electron chi connectivity index (χ3n) is 3.69. The van der Waals surface area contributed by atoms with Gasteiger partial charge in [-0.1, -0.05) is 13.0 Å². The molecule has 0 aliphatic carbocycles. The molecule has 0 bridgehead atoms. The second-order valence-electron chi connectivity index (χ2n) is 4.80. The zero-order chi connectivity index (χ0) is 12.3. The molecule has 1 saturated heterocycles. The Labute approximate surface area is 107 Å². The molecule has 94 valence electrons. The molecule has 0 radical (unpaired) electrons. The van der Waals surface area contributed by atoms with Crippen LogP contribution in [0.2, 0.25) is 0 Å². The van der Waals surface area contributed by atoms with Crippen molar-refractivity contribution < 1.29 is 4.79 Å². The van der Waals surface area contributed by atoms with Gasteiger partial charge in [0.2, 0.25) is 5.91 Å². The van der Waals surface area contributed by atoms with Gasteiger partial charge in [0.05, 0.1) is 12.0 Å². The summed E-state index contributed by atoms with van der Waals surface area (Å²) in [5.74, 6) is 0.290. The smallest absolute Gasteiger partial charge is 0.230 e. The molecule has 1 fully saturated rings. The van der Waals surface area contributed by atoms with E-state index in [1.807, 2.05) is 18.0 Å². The maximum absolute atomic E-state index is 12.5. The average Bonchev–Trinajstić information content (AvgIpc) is 2.99. The highest BCUT2D eigenvalue weighted by atomic mass is 32.1. The van der Waals surface area contributed by atoms with Gasteiger partial charge < -0.3 is 10.2 Å². The minimum Gasteiger partial charge on any atom is -0.340 e. The van der Waals surface area contributed by atoms with Crippen LogP contribution in [0.3, 0.4) is 0 Å². The number of hydrogen-bond acceptors (Lipinski definition) is 3. The lowest BCUT2D eigenvalue weighted by molar-refractivity contribution is -0.140. The molecule has 3 nitrogen and oxygen atoms in total. The molecule has 1 aromatic heterocycles. The van der Waals surface area contributed by atoms with Crippen LogP contribution in [0.15, 0.2) is 17.5 Å². The fourth-order valence-electron chi connectivity index (χ4n) is 2.49. The van der Waals surface area contributed by atoms with Gasteiger partial charge in [-0.3, -0.25) is 4.79 Å². The minimum absolute atomic E-state index is 0.161. The third kappa shape index (κ3) is 2.53. The first kappa shape index (κ1) is 12.6. The average molecular weight is 252 g/mol. The maximum atomic E-state index is 12.5. The van der Waals surface area contributed by atoms with Crippen LogP contribution in [0.5, 0.6) is 0 Å². The second kappa shape index (κ2) is 5.19. The van der Waals surface area contributed by atoms with Gasteiger partial charge in [0.15, 0.2) is 0 Å². The number of rotatable bonds is 4. The molecule has 1 aliphatic heterocycles. The summed E-state index contributed by atoms with van der Waals surface area (Å²) in [5.41, 5.74) is -0.161. The fourth-order valence-corrected chi connectivity index (χ4v) is 3.25. The molecule has 17 heavy (non-hydrogen) atoms. The van der Waals surface area contributed by atoms with Crippen molar-refractivity contribution in [2.24, 2.45) is 5.41 Å². The largest absolute Gasteiger partial charge is 0.340 e. The number of nitrogens with one attached hydrogen (secondary N) is 1. The number of amides is 1. The van der Waals surface area contributed by atoms with Gasteiger partial charge in [0.25, 0.3) is 0 Å². The van der Waals surface area contributed by atoms with Gasteiger partial charge in [-0.05, 0) is 30.8 Å². The molecule has 0 aromatic carbocycles. The topological polar surface area (TPSA) is 32.3 Å². The summed E-state index contributed by atoms with van der Waals surface area (Å²) in [6.45, 7) is 4.64. The van der Waals surface area contributed by atoms with Crippen LogP contribution >= 0.6 is 11.3 Å². The predicted octanol–water partition coefficient (Wildman–Crippen LogP) is 2.10. The van der Waals surface area contributed by atoms with Gasteiger partial charge in [-0.2, -0.15) is 0 Å². The highest BCUT2D eigenvalue weighted by Crippen LogP contribution is 2.32. The Kier molecular flexibility index (Phi) is 3.84. The molecule has 1 atom stereocenters. The van der Waals surface area contributed by atoms with E-state index in [0.717, 1.165) is 32.5 Å². The number of carbonyl (C=O) groups excluding carboxylic acids is 1. The zero-order valence-corrected chi connectivity index (χ0v) is 11.3. The van der Waals surface area contributed by atoms with Gasteiger partial charge in [-0.15, -0.1) is 11.3 Å². The van der Waals surface area contributed by atoms with Crippen molar-refractivity contribution in [3.63, 3.8) is 0 Å². The molecule has 2 heterocycles. The predicted molar refractivity (Wildman–Crippen MR) is 71.0 cm³/mol. The van der Waals surface area contributed by atoms with Crippen molar-refractivity contribution in [1.82, 2.24) is 10.2 Å². The monoisotopic (exact) mass is 252 g/mol. The highest BCUT2D eigenvalue weighted by molar-refractivity contribution is 7.09. The van der Waals surface area contributed by atoms with Crippen LogP contribution in [0.1, 0.15) is 24.6 Å². The summed E-state index contributed by atoms with van der Waals surface area (Å²) in [7, 11) is 1.91. The van der Waals surface area contributed by atoms with E-state index >= 15 is 0 Å². The summed E-state index contributed by atoms with van der Waals surface area (Å²) < 4.78 is 0. The van der Waals surface area contributed by atoms with E-state index in [4.69, 9.17) is 0 Å². The first-order valence-corrected chi connectivity index (χ1v) is 7.04. The Bertz CT molecular complexity index is 369. The van der Waals surface area contributed by atoms with Gasteiger partial charge in [-0.25, -0.2) is 0 Å². The Morgan fingerprint density at radius 1 is 1.65 bits per heavy atom. The second-order valence-corrected chi connectivity index (χ2v) is 5.83. The lowest BCUT2D eigenvalue weighted by atomic mass is 9.83. The number of carbonyl (C=O) groups is 1. The first-order valence-electron chi connectivity index (χ1n) is 6.16. The summed E-state index contributed by atoms with van der Waals surface area (Å²) in [6, 6.07) is 4.12. The molecule has 1 aliphatic rings. The maximum Gasteiger partial charge on any atom is 0.230 e. The van der Waals surface area contributed by atoms with Crippen molar-refractivity contribution in [2.45, 2.75) is 26.3 Å². The summed E-state index contributed by atoms with van der Waals surface area (Å²) in [4.78, 5) is 15.6. The van der Waals surface area contributed by atoms with Crippen molar-refractivity contribution in [2.75, 3.05) is 20.1 Å². The molecule has 1 aromatic rings. The number of hydrogen-bond donors (Lipinski definition) is 1. The van der Waals surface area contributed by atoms with Crippen LogP contribution in [0.4, 0.5) is 0 Å². The van der Waals surface area contributed by atoms with E-state index in [-0.39, 0.29) is 5.41 Å². The molecule has 2 rings (SSSR count). The molecule has 4 heteroatoms. The normalized spacial score (nSPS) is 23.9. The van der Waals surface area contributed by atoms with Crippen LogP contribution < -0.4 is 5.32 Å². The van der Waals surface area contributed by atoms with E-state index < -0.39 is 0 Å². The quantitative estimate of drug-likeness (QED) is 0.890. The molecular weight excluding hydrogens is 232 g/mol. The Morgan fingerprint density at radius 2 is 2.47 bits per heavy atom. The molecule has 1 amide bonds. The molecule has 0 saturated carbocycles. The van der Waals surface area contributed by atoms with Crippen LogP contribution in [0, 0.1) is 5.41 Å². The van der Waals surface area contributed by atoms with E-state index in [1.54, 1.807) is 11.3 Å². The van der Waals surface area contributed by atoms with E-state index in [1.165, 1.54) is 4.88 Å². The fraction of sp³-hybridized carbons (Fsp3) is 0.615. The molecular formula is C13H20N2OS. The SMILES string of the molecule is CCC1(C(=O)N(C)Cc2cccs2)CCNC1. The molecule has 1 unspecified atom stereocenters. The van der Waals surface area contributed by atoms with E-state index in [9.17, 15) is 4.79 Å². The molecule has 1 N–H and O–H groups in total. The van der Waals surface area contributed by atoms with Gasteiger partial charge in [0.1, 0.15) is 0 Å². The minimum atomic E-state index is -0.161. The standard InChI is InChI=1S/C13H20N2OS/c1-3-13(6-7-14-10-13)12(16)15(2)9-11-5-4-8-17-11/h4-5,8,14H,3,6-7,9-10H2,1-2H3. The number of nitrogens with zero attached hydrogens (tertiary/aromatic N) is 1. The third-order valence-corrected chi connectivity index (χ3v) is 4.56. The Morgan fingerprint density at radius 3 is 3.00 bits per heavy atom. The molecule has 0 spiro atoms. The van der Waals surface area contributed by atoms with Crippen molar-refractivity contribution in [1.29, 1.82) is 0 Å². The van der Waals surface area contributed by atoms with Gasteiger partial charge >= 0.3 is 0 Å². The summed E-state index contributed by atoms with van der Waals surface area (Å²) in [5, 5.41) is 5.37. The van der Waals surface area contributed by atoms with E-state index in [2.05, 4.69) is 23.7 Å². The van der Waals surface area contributed by atoms with Crippen LogP contribution in [-0.2, 0) is 11.3 Å². The van der Waals surface area contributed by atoms with E-state index in [0.29, 0.717) is 5.91 Å². The summed E-state index contributed by atoms with van der Waals surface area (Å²) >= 11 is 1.71. The van der Waals surface area contributed by atoms with Crippen molar-refractivity contribution >= 4 is 17.2 Å².